The molecular formula is C12H26N2O2. The Bertz CT molecular complexity index is 186. The third-order valence-corrected chi connectivity index (χ3v) is 2.51. The summed E-state index contributed by atoms with van der Waals surface area (Å²) in [4.78, 5) is 13.7. The maximum atomic E-state index is 11.3. The van der Waals surface area contributed by atoms with Crippen LogP contribution in [0, 0.1) is 0 Å². The van der Waals surface area contributed by atoms with Gasteiger partial charge in [0.2, 0.25) is 0 Å². The second-order valence-corrected chi connectivity index (χ2v) is 3.86. The average Bonchev–Trinajstić information content (AvgIpc) is 2.28. The lowest BCUT2D eigenvalue weighted by Gasteiger charge is -2.20. The number of ether oxygens (including phenoxy) is 1. The first-order valence-electron chi connectivity index (χ1n) is 6.28. The number of carbonyl (C=O) groups is 1. The number of carbonyl (C=O) groups excluding carboxylic acids is 1. The van der Waals surface area contributed by atoms with E-state index in [2.05, 4.69) is 24.1 Å². The summed E-state index contributed by atoms with van der Waals surface area (Å²) in [7, 11) is 0. The van der Waals surface area contributed by atoms with Crippen LogP contribution in [0.1, 0.15) is 34.1 Å². The molecule has 0 aromatic carbocycles. The zero-order valence-corrected chi connectivity index (χ0v) is 11.1. The lowest BCUT2D eigenvalue weighted by Crippen LogP contribution is -2.40. The lowest BCUT2D eigenvalue weighted by atomic mass is 10.3. The van der Waals surface area contributed by atoms with Crippen LogP contribution in [0.2, 0.25) is 0 Å². The lowest BCUT2D eigenvalue weighted by molar-refractivity contribution is -0.145. The minimum Gasteiger partial charge on any atom is -0.465 e. The van der Waals surface area contributed by atoms with Crippen molar-refractivity contribution in [3.05, 3.63) is 0 Å². The molecule has 0 amide bonds. The first-order chi connectivity index (χ1) is 7.65. The van der Waals surface area contributed by atoms with Gasteiger partial charge in [0.1, 0.15) is 6.04 Å². The fourth-order valence-electron chi connectivity index (χ4n) is 1.53. The quantitative estimate of drug-likeness (QED) is 0.606. The first-order valence-corrected chi connectivity index (χ1v) is 6.28. The molecule has 4 nitrogen and oxygen atoms in total. The van der Waals surface area contributed by atoms with Crippen molar-refractivity contribution in [3.63, 3.8) is 0 Å². The summed E-state index contributed by atoms with van der Waals surface area (Å²) in [5.41, 5.74) is 0. The minimum absolute atomic E-state index is 0.166. The molecule has 0 bridgehead atoms. The number of esters is 1. The molecule has 1 atom stereocenters. The summed E-state index contributed by atoms with van der Waals surface area (Å²) in [5, 5.41) is 3.17. The van der Waals surface area contributed by atoms with Crippen molar-refractivity contribution in [2.24, 2.45) is 0 Å². The van der Waals surface area contributed by atoms with Gasteiger partial charge in [0, 0.05) is 13.1 Å². The number of rotatable bonds is 9. The SMILES string of the molecule is CCCN(CC)CCNC(C)C(=O)OCC. The normalized spacial score (nSPS) is 12.8. The number of nitrogens with one attached hydrogen (secondary N) is 1. The van der Waals surface area contributed by atoms with Gasteiger partial charge in [-0.05, 0) is 33.4 Å². The van der Waals surface area contributed by atoms with Gasteiger partial charge in [0.25, 0.3) is 0 Å². The molecule has 0 heterocycles. The largest absolute Gasteiger partial charge is 0.465 e. The molecule has 0 aliphatic heterocycles. The van der Waals surface area contributed by atoms with Gasteiger partial charge in [-0.2, -0.15) is 0 Å². The Morgan fingerprint density at radius 3 is 2.50 bits per heavy atom. The maximum Gasteiger partial charge on any atom is 0.322 e. The summed E-state index contributed by atoms with van der Waals surface area (Å²) in [6.07, 6.45) is 1.17. The van der Waals surface area contributed by atoms with E-state index >= 15 is 0 Å². The zero-order valence-electron chi connectivity index (χ0n) is 11.1. The van der Waals surface area contributed by atoms with Gasteiger partial charge in [-0.3, -0.25) is 4.79 Å². The van der Waals surface area contributed by atoms with Gasteiger partial charge in [0.15, 0.2) is 0 Å². The topological polar surface area (TPSA) is 41.6 Å². The van der Waals surface area contributed by atoms with Gasteiger partial charge in [-0.1, -0.05) is 13.8 Å². The molecule has 1 unspecified atom stereocenters. The summed E-state index contributed by atoms with van der Waals surface area (Å²) >= 11 is 0. The number of likely N-dealkylation sites (N-methyl/N-ethyl adjacent to an activating group) is 1. The van der Waals surface area contributed by atoms with Crippen molar-refractivity contribution in [3.8, 4) is 0 Å². The Balaban J connectivity index is 3.66. The van der Waals surface area contributed by atoms with E-state index in [1.807, 2.05) is 13.8 Å². The van der Waals surface area contributed by atoms with Crippen LogP contribution >= 0.6 is 0 Å². The first kappa shape index (κ1) is 15.4. The van der Waals surface area contributed by atoms with Gasteiger partial charge in [0.05, 0.1) is 6.61 Å². The highest BCUT2D eigenvalue weighted by Crippen LogP contribution is 1.91. The summed E-state index contributed by atoms with van der Waals surface area (Å²) in [6, 6.07) is -0.208. The Hall–Kier alpha value is -0.610. The van der Waals surface area contributed by atoms with Crippen LogP contribution in [0.5, 0.6) is 0 Å². The predicted molar refractivity (Wildman–Crippen MR) is 66.5 cm³/mol. The smallest absolute Gasteiger partial charge is 0.322 e. The van der Waals surface area contributed by atoms with Crippen molar-refractivity contribution in [1.29, 1.82) is 0 Å². The van der Waals surface area contributed by atoms with E-state index in [9.17, 15) is 4.79 Å². The van der Waals surface area contributed by atoms with Crippen LogP contribution in [0.3, 0.4) is 0 Å². The Morgan fingerprint density at radius 1 is 1.31 bits per heavy atom. The van der Waals surface area contributed by atoms with Crippen LogP contribution in [0.25, 0.3) is 0 Å². The second-order valence-electron chi connectivity index (χ2n) is 3.86. The molecule has 4 heteroatoms. The predicted octanol–water partition coefficient (Wildman–Crippen LogP) is 1.26. The minimum atomic E-state index is -0.208. The Kier molecular flexibility index (Phi) is 9.24. The molecule has 16 heavy (non-hydrogen) atoms. The van der Waals surface area contributed by atoms with Crippen LogP contribution in [0.15, 0.2) is 0 Å². The van der Waals surface area contributed by atoms with Crippen LogP contribution in [-0.4, -0.2) is 49.7 Å². The second kappa shape index (κ2) is 9.60. The molecular weight excluding hydrogens is 204 g/mol. The van der Waals surface area contributed by atoms with E-state index in [4.69, 9.17) is 4.74 Å². The summed E-state index contributed by atoms with van der Waals surface area (Å²) in [5.74, 6) is -0.166. The highest BCUT2D eigenvalue weighted by Gasteiger charge is 2.12. The number of hydrogen-bond donors (Lipinski definition) is 1. The number of hydrogen-bond acceptors (Lipinski definition) is 4. The van der Waals surface area contributed by atoms with Crippen LogP contribution in [0.4, 0.5) is 0 Å². The molecule has 0 saturated heterocycles. The van der Waals surface area contributed by atoms with E-state index in [0.29, 0.717) is 6.61 Å². The van der Waals surface area contributed by atoms with E-state index in [-0.39, 0.29) is 12.0 Å². The molecule has 0 aliphatic rings. The third-order valence-electron chi connectivity index (χ3n) is 2.51. The Labute approximate surface area is 99.3 Å². The monoisotopic (exact) mass is 230 g/mol. The van der Waals surface area contributed by atoms with E-state index < -0.39 is 0 Å². The fourth-order valence-corrected chi connectivity index (χ4v) is 1.53. The molecule has 0 aliphatic carbocycles. The summed E-state index contributed by atoms with van der Waals surface area (Å²) in [6.45, 7) is 12.4. The van der Waals surface area contributed by atoms with Crippen molar-refractivity contribution in [1.82, 2.24) is 10.2 Å². The third kappa shape index (κ3) is 6.80. The van der Waals surface area contributed by atoms with Crippen molar-refractivity contribution < 1.29 is 9.53 Å². The molecule has 1 N–H and O–H groups in total. The number of nitrogens with zero attached hydrogens (tertiary/aromatic N) is 1. The standard InChI is InChI=1S/C12H26N2O2/c1-5-9-14(6-2)10-8-13-11(4)12(15)16-7-3/h11,13H,5-10H2,1-4H3. The molecule has 0 fully saturated rings. The zero-order chi connectivity index (χ0) is 12.4. The van der Waals surface area contributed by atoms with E-state index in [0.717, 1.165) is 26.2 Å². The fraction of sp³-hybridized carbons (Fsp3) is 0.917. The molecule has 0 aromatic rings. The van der Waals surface area contributed by atoms with Gasteiger partial charge < -0.3 is 15.0 Å². The molecule has 0 saturated carbocycles. The highest BCUT2D eigenvalue weighted by molar-refractivity contribution is 5.75. The van der Waals surface area contributed by atoms with Crippen molar-refractivity contribution in [2.75, 3.05) is 32.8 Å². The van der Waals surface area contributed by atoms with Crippen LogP contribution in [-0.2, 0) is 9.53 Å². The van der Waals surface area contributed by atoms with E-state index in [1.54, 1.807) is 0 Å². The van der Waals surface area contributed by atoms with Crippen LogP contribution < -0.4 is 5.32 Å². The highest BCUT2D eigenvalue weighted by atomic mass is 16.5. The Morgan fingerprint density at radius 2 is 2.00 bits per heavy atom. The molecule has 0 radical (unpaired) electrons. The molecule has 96 valence electrons. The molecule has 0 aromatic heterocycles. The summed E-state index contributed by atoms with van der Waals surface area (Å²) < 4.78 is 4.92. The van der Waals surface area contributed by atoms with Gasteiger partial charge in [-0.15, -0.1) is 0 Å². The average molecular weight is 230 g/mol. The van der Waals surface area contributed by atoms with Crippen molar-refractivity contribution in [2.45, 2.75) is 40.2 Å². The van der Waals surface area contributed by atoms with Gasteiger partial charge >= 0.3 is 5.97 Å². The molecule has 0 spiro atoms. The molecule has 0 rings (SSSR count). The van der Waals surface area contributed by atoms with Crippen molar-refractivity contribution >= 4 is 5.97 Å². The van der Waals surface area contributed by atoms with E-state index in [1.165, 1.54) is 6.42 Å². The van der Waals surface area contributed by atoms with Gasteiger partial charge in [-0.25, -0.2) is 0 Å². The maximum absolute atomic E-state index is 11.3.